The third kappa shape index (κ3) is 4.42. The molecule has 0 aliphatic rings. The van der Waals surface area contributed by atoms with Crippen LogP contribution in [0.15, 0.2) is 48.5 Å². The molecule has 0 saturated heterocycles. The van der Waals surface area contributed by atoms with Crippen molar-refractivity contribution in [3.8, 4) is 11.5 Å². The highest BCUT2D eigenvalue weighted by molar-refractivity contribution is 5.93. The highest BCUT2D eigenvalue weighted by Crippen LogP contribution is 2.17. The highest BCUT2D eigenvalue weighted by atomic mass is 16.5. The van der Waals surface area contributed by atoms with Crippen molar-refractivity contribution in [2.75, 3.05) is 25.6 Å². The number of benzene rings is 2. The zero-order chi connectivity index (χ0) is 15.1. The summed E-state index contributed by atoms with van der Waals surface area (Å²) in [5, 5.41) is 3.18. The van der Waals surface area contributed by atoms with Gasteiger partial charge in [0, 0.05) is 17.8 Å². The Morgan fingerprint density at radius 1 is 1.14 bits per heavy atom. The van der Waals surface area contributed by atoms with Crippen LogP contribution in [-0.2, 0) is 0 Å². The lowest BCUT2D eigenvalue weighted by Gasteiger charge is -2.09. The van der Waals surface area contributed by atoms with Crippen molar-refractivity contribution >= 4 is 11.6 Å². The summed E-state index contributed by atoms with van der Waals surface area (Å²) in [5.41, 5.74) is 6.56. The molecule has 5 nitrogen and oxygen atoms in total. The van der Waals surface area contributed by atoms with Crippen molar-refractivity contribution in [2.45, 2.75) is 0 Å². The Hall–Kier alpha value is -2.69. The molecule has 21 heavy (non-hydrogen) atoms. The fraction of sp³-hybridized carbons (Fsp3) is 0.188. The molecule has 0 bridgehead atoms. The van der Waals surface area contributed by atoms with Crippen LogP contribution in [-0.4, -0.2) is 26.2 Å². The molecule has 110 valence electrons. The molecule has 0 fully saturated rings. The number of carbonyl (C=O) groups excluding carboxylic acids is 1. The average Bonchev–Trinajstić information content (AvgIpc) is 2.52. The SMILES string of the molecule is COc1ccc(OCCNc2cccc(C(N)=O)c2)cc1. The second kappa shape index (κ2) is 7.19. The number of hydrogen-bond acceptors (Lipinski definition) is 4. The van der Waals surface area contributed by atoms with E-state index in [0.717, 1.165) is 17.2 Å². The van der Waals surface area contributed by atoms with Crippen molar-refractivity contribution in [3.63, 3.8) is 0 Å². The topological polar surface area (TPSA) is 73.6 Å². The van der Waals surface area contributed by atoms with Crippen LogP contribution in [0.4, 0.5) is 5.69 Å². The summed E-state index contributed by atoms with van der Waals surface area (Å²) in [6.45, 7) is 1.13. The van der Waals surface area contributed by atoms with E-state index in [2.05, 4.69) is 5.32 Å². The van der Waals surface area contributed by atoms with Gasteiger partial charge < -0.3 is 20.5 Å². The first-order chi connectivity index (χ1) is 10.2. The Bertz CT molecular complexity index is 597. The minimum absolute atomic E-state index is 0.437. The summed E-state index contributed by atoms with van der Waals surface area (Å²) in [6.07, 6.45) is 0. The van der Waals surface area contributed by atoms with Gasteiger partial charge in [0.25, 0.3) is 0 Å². The number of nitrogens with one attached hydrogen (secondary N) is 1. The van der Waals surface area contributed by atoms with Gasteiger partial charge in [0.2, 0.25) is 5.91 Å². The quantitative estimate of drug-likeness (QED) is 0.766. The van der Waals surface area contributed by atoms with E-state index in [1.165, 1.54) is 0 Å². The molecule has 0 aromatic heterocycles. The first-order valence-electron chi connectivity index (χ1n) is 6.59. The number of rotatable bonds is 7. The van der Waals surface area contributed by atoms with Crippen LogP contribution in [0.2, 0.25) is 0 Å². The van der Waals surface area contributed by atoms with E-state index < -0.39 is 5.91 Å². The highest BCUT2D eigenvalue weighted by Gasteiger charge is 2.01. The second-order valence-corrected chi connectivity index (χ2v) is 4.40. The number of primary amides is 1. The lowest BCUT2D eigenvalue weighted by Crippen LogP contribution is -2.13. The van der Waals surface area contributed by atoms with E-state index in [-0.39, 0.29) is 0 Å². The smallest absolute Gasteiger partial charge is 0.248 e. The molecule has 0 spiro atoms. The Morgan fingerprint density at radius 3 is 2.52 bits per heavy atom. The van der Waals surface area contributed by atoms with Crippen LogP contribution >= 0.6 is 0 Å². The molecule has 0 unspecified atom stereocenters. The van der Waals surface area contributed by atoms with Gasteiger partial charge in [-0.05, 0) is 42.5 Å². The monoisotopic (exact) mass is 286 g/mol. The lowest BCUT2D eigenvalue weighted by molar-refractivity contribution is 0.100. The number of hydrogen-bond donors (Lipinski definition) is 2. The van der Waals surface area contributed by atoms with Gasteiger partial charge in [-0.15, -0.1) is 0 Å². The average molecular weight is 286 g/mol. The summed E-state index contributed by atoms with van der Waals surface area (Å²) in [6, 6.07) is 14.5. The van der Waals surface area contributed by atoms with Gasteiger partial charge in [-0.3, -0.25) is 4.79 Å². The predicted molar refractivity (Wildman–Crippen MR) is 81.9 cm³/mol. The number of ether oxygens (including phenoxy) is 2. The summed E-state index contributed by atoms with van der Waals surface area (Å²) in [4.78, 5) is 11.1. The fourth-order valence-corrected chi connectivity index (χ4v) is 1.82. The van der Waals surface area contributed by atoms with Crippen molar-refractivity contribution in [1.29, 1.82) is 0 Å². The van der Waals surface area contributed by atoms with Gasteiger partial charge in [0.05, 0.1) is 7.11 Å². The van der Waals surface area contributed by atoms with Gasteiger partial charge in [-0.25, -0.2) is 0 Å². The Balaban J connectivity index is 1.78. The van der Waals surface area contributed by atoms with Crippen LogP contribution in [0.1, 0.15) is 10.4 Å². The van der Waals surface area contributed by atoms with Crippen molar-refractivity contribution in [1.82, 2.24) is 0 Å². The van der Waals surface area contributed by atoms with Gasteiger partial charge in [0.15, 0.2) is 0 Å². The fourth-order valence-electron chi connectivity index (χ4n) is 1.82. The molecular formula is C16H18N2O3. The molecule has 0 heterocycles. The molecule has 2 aromatic carbocycles. The molecule has 1 amide bonds. The summed E-state index contributed by atoms with van der Waals surface area (Å²) in [7, 11) is 1.62. The molecule has 3 N–H and O–H groups in total. The standard InChI is InChI=1S/C16H18N2O3/c1-20-14-5-7-15(8-6-14)21-10-9-18-13-4-2-3-12(11-13)16(17)19/h2-8,11,18H,9-10H2,1H3,(H2,17,19). The van der Waals surface area contributed by atoms with Crippen LogP contribution in [0, 0.1) is 0 Å². The number of amides is 1. The number of nitrogens with two attached hydrogens (primary N) is 1. The van der Waals surface area contributed by atoms with Gasteiger partial charge >= 0.3 is 0 Å². The molecule has 0 atom stereocenters. The number of anilines is 1. The summed E-state index contributed by atoms with van der Waals surface area (Å²) < 4.78 is 10.7. The normalized spacial score (nSPS) is 9.95. The maximum Gasteiger partial charge on any atom is 0.248 e. The molecule has 0 saturated carbocycles. The van der Waals surface area contributed by atoms with Gasteiger partial charge in [-0.1, -0.05) is 6.07 Å². The van der Waals surface area contributed by atoms with E-state index in [1.54, 1.807) is 25.3 Å². The van der Waals surface area contributed by atoms with Crippen LogP contribution in [0.3, 0.4) is 0 Å². The summed E-state index contributed by atoms with van der Waals surface area (Å²) in [5.74, 6) is 1.14. The van der Waals surface area contributed by atoms with E-state index >= 15 is 0 Å². The van der Waals surface area contributed by atoms with Crippen molar-refractivity contribution in [2.24, 2.45) is 5.73 Å². The molecule has 2 rings (SSSR count). The lowest BCUT2D eigenvalue weighted by atomic mass is 10.2. The first kappa shape index (κ1) is 14.7. The van der Waals surface area contributed by atoms with E-state index in [0.29, 0.717) is 18.7 Å². The van der Waals surface area contributed by atoms with Gasteiger partial charge in [-0.2, -0.15) is 0 Å². The van der Waals surface area contributed by atoms with Crippen LogP contribution in [0.25, 0.3) is 0 Å². The maximum absolute atomic E-state index is 11.1. The Labute approximate surface area is 123 Å². The van der Waals surface area contributed by atoms with E-state index in [4.69, 9.17) is 15.2 Å². The largest absolute Gasteiger partial charge is 0.497 e. The van der Waals surface area contributed by atoms with Gasteiger partial charge in [0.1, 0.15) is 18.1 Å². The second-order valence-electron chi connectivity index (χ2n) is 4.40. The zero-order valence-electron chi connectivity index (χ0n) is 11.8. The number of carbonyl (C=O) groups is 1. The maximum atomic E-state index is 11.1. The molecule has 0 aliphatic carbocycles. The first-order valence-corrected chi connectivity index (χ1v) is 6.59. The minimum atomic E-state index is -0.437. The Kier molecular flexibility index (Phi) is 5.04. The van der Waals surface area contributed by atoms with E-state index in [9.17, 15) is 4.79 Å². The van der Waals surface area contributed by atoms with Crippen molar-refractivity contribution < 1.29 is 14.3 Å². The van der Waals surface area contributed by atoms with Crippen molar-refractivity contribution in [3.05, 3.63) is 54.1 Å². The van der Waals surface area contributed by atoms with Crippen LogP contribution < -0.4 is 20.5 Å². The molecule has 0 aliphatic heterocycles. The third-order valence-corrected chi connectivity index (χ3v) is 2.91. The van der Waals surface area contributed by atoms with E-state index in [1.807, 2.05) is 30.3 Å². The minimum Gasteiger partial charge on any atom is -0.497 e. The number of methoxy groups -OCH3 is 1. The Morgan fingerprint density at radius 2 is 1.86 bits per heavy atom. The molecular weight excluding hydrogens is 268 g/mol. The molecule has 0 radical (unpaired) electrons. The van der Waals surface area contributed by atoms with Crippen LogP contribution in [0.5, 0.6) is 11.5 Å². The zero-order valence-corrected chi connectivity index (χ0v) is 11.8. The summed E-state index contributed by atoms with van der Waals surface area (Å²) >= 11 is 0. The molecule has 5 heteroatoms. The predicted octanol–water partition coefficient (Wildman–Crippen LogP) is 2.29. The molecule has 2 aromatic rings. The third-order valence-electron chi connectivity index (χ3n) is 2.91.